The number of ether oxygens (including phenoxy) is 3. The fourth-order valence-corrected chi connectivity index (χ4v) is 4.65. The highest BCUT2D eigenvalue weighted by molar-refractivity contribution is 7.89. The molecule has 0 spiro atoms. The van der Waals surface area contributed by atoms with Crippen molar-refractivity contribution in [2.75, 3.05) is 45.3 Å². The molecule has 3 rings (SSSR count). The van der Waals surface area contributed by atoms with Crippen LogP contribution in [0.4, 0.5) is 5.69 Å². The van der Waals surface area contributed by atoms with Gasteiger partial charge in [-0.15, -0.1) is 0 Å². The van der Waals surface area contributed by atoms with E-state index in [4.69, 9.17) is 18.7 Å². The van der Waals surface area contributed by atoms with Crippen molar-refractivity contribution in [2.45, 2.75) is 18.7 Å². The maximum absolute atomic E-state index is 13.0. The minimum Gasteiger partial charge on any atom is -0.495 e. The molecule has 0 saturated carbocycles. The summed E-state index contributed by atoms with van der Waals surface area (Å²) in [4.78, 5) is 24.3. The van der Waals surface area contributed by atoms with Gasteiger partial charge in [0.25, 0.3) is 5.91 Å². The number of sulfonamides is 1. The first-order valence-electron chi connectivity index (χ1n) is 9.40. The van der Waals surface area contributed by atoms with Gasteiger partial charge in [0, 0.05) is 18.8 Å². The summed E-state index contributed by atoms with van der Waals surface area (Å²) in [5.41, 5.74) is 0.734. The predicted molar refractivity (Wildman–Crippen MR) is 107 cm³/mol. The molecule has 2 heterocycles. The Morgan fingerprint density at radius 2 is 1.94 bits per heavy atom. The summed E-state index contributed by atoms with van der Waals surface area (Å²) < 4.78 is 47.6. The van der Waals surface area contributed by atoms with Crippen molar-refractivity contribution in [3.05, 3.63) is 35.2 Å². The van der Waals surface area contributed by atoms with E-state index in [1.165, 1.54) is 29.6 Å². The number of amides is 1. The lowest BCUT2D eigenvalue weighted by Gasteiger charge is -2.26. The number of carbonyl (C=O) groups excluding carboxylic acids is 2. The lowest BCUT2D eigenvalue weighted by Crippen LogP contribution is -2.40. The van der Waals surface area contributed by atoms with E-state index in [1.54, 1.807) is 13.8 Å². The van der Waals surface area contributed by atoms with Crippen molar-refractivity contribution >= 4 is 27.6 Å². The summed E-state index contributed by atoms with van der Waals surface area (Å²) in [6.07, 6.45) is 0. The van der Waals surface area contributed by atoms with Gasteiger partial charge in [0.1, 0.15) is 22.0 Å². The molecule has 0 atom stereocenters. The summed E-state index contributed by atoms with van der Waals surface area (Å²) in [6.45, 7) is 3.62. The van der Waals surface area contributed by atoms with E-state index < -0.39 is 28.5 Å². The second kappa shape index (κ2) is 9.45. The van der Waals surface area contributed by atoms with Crippen LogP contribution in [-0.2, 0) is 24.3 Å². The lowest BCUT2D eigenvalue weighted by molar-refractivity contribution is -0.119. The predicted octanol–water partition coefficient (Wildman–Crippen LogP) is 1.12. The van der Waals surface area contributed by atoms with Crippen molar-refractivity contribution in [2.24, 2.45) is 0 Å². The van der Waals surface area contributed by atoms with Gasteiger partial charge < -0.3 is 24.1 Å². The lowest BCUT2D eigenvalue weighted by atomic mass is 10.2. The van der Waals surface area contributed by atoms with Gasteiger partial charge >= 0.3 is 5.97 Å². The first kappa shape index (κ1) is 22.7. The zero-order valence-electron chi connectivity index (χ0n) is 17.3. The Balaban J connectivity index is 1.71. The van der Waals surface area contributed by atoms with Crippen LogP contribution >= 0.6 is 0 Å². The van der Waals surface area contributed by atoms with Crippen LogP contribution in [0.5, 0.6) is 5.75 Å². The summed E-state index contributed by atoms with van der Waals surface area (Å²) in [5, 5.41) is 6.18. The van der Waals surface area contributed by atoms with Crippen LogP contribution in [0, 0.1) is 13.8 Å². The molecule has 1 saturated heterocycles. The number of hydrogen-bond acceptors (Lipinski definition) is 9. The van der Waals surface area contributed by atoms with Gasteiger partial charge in [-0.1, -0.05) is 5.16 Å². The average Bonchev–Trinajstić information content (AvgIpc) is 3.10. The highest BCUT2D eigenvalue weighted by Crippen LogP contribution is 2.30. The zero-order valence-corrected chi connectivity index (χ0v) is 18.2. The Hall–Kier alpha value is -2.96. The monoisotopic (exact) mass is 453 g/mol. The van der Waals surface area contributed by atoms with Crippen LogP contribution in [0.3, 0.4) is 0 Å². The Kier molecular flexibility index (Phi) is 6.93. The van der Waals surface area contributed by atoms with Crippen molar-refractivity contribution in [1.82, 2.24) is 9.46 Å². The van der Waals surface area contributed by atoms with Crippen LogP contribution in [0.15, 0.2) is 27.6 Å². The third-order valence-electron chi connectivity index (χ3n) is 4.61. The van der Waals surface area contributed by atoms with E-state index >= 15 is 0 Å². The summed E-state index contributed by atoms with van der Waals surface area (Å²) >= 11 is 0. The number of aryl methyl sites for hydroxylation is 2. The smallest absolute Gasteiger partial charge is 0.344 e. The number of methoxy groups -OCH3 is 1. The van der Waals surface area contributed by atoms with Crippen molar-refractivity contribution < 1.29 is 36.7 Å². The topological polar surface area (TPSA) is 137 Å². The fourth-order valence-electron chi connectivity index (χ4n) is 3.06. The van der Waals surface area contributed by atoms with Gasteiger partial charge in [-0.05, 0) is 32.0 Å². The summed E-state index contributed by atoms with van der Waals surface area (Å²) in [5.74, 6) is -0.943. The Bertz CT molecular complexity index is 1050. The number of aromatic nitrogens is 1. The van der Waals surface area contributed by atoms with Gasteiger partial charge in [0.2, 0.25) is 10.0 Å². The van der Waals surface area contributed by atoms with Crippen LogP contribution in [0.2, 0.25) is 0 Å². The highest BCUT2D eigenvalue weighted by Gasteiger charge is 2.29. The minimum atomic E-state index is -3.85. The van der Waals surface area contributed by atoms with Crippen molar-refractivity contribution in [3.8, 4) is 5.75 Å². The van der Waals surface area contributed by atoms with Gasteiger partial charge in [-0.2, -0.15) is 4.31 Å². The van der Waals surface area contributed by atoms with Gasteiger partial charge in [-0.3, -0.25) is 4.79 Å². The number of rotatable bonds is 7. The second-order valence-electron chi connectivity index (χ2n) is 6.71. The number of nitrogens with one attached hydrogen (secondary N) is 1. The molecule has 0 bridgehead atoms. The third-order valence-corrected chi connectivity index (χ3v) is 6.53. The van der Waals surface area contributed by atoms with Gasteiger partial charge in [0.15, 0.2) is 6.61 Å². The molecule has 1 aromatic carbocycles. The second-order valence-corrected chi connectivity index (χ2v) is 8.61. The van der Waals surface area contributed by atoms with E-state index in [-0.39, 0.29) is 40.7 Å². The number of carbonyl (C=O) groups is 2. The molecule has 0 unspecified atom stereocenters. The van der Waals surface area contributed by atoms with E-state index in [0.29, 0.717) is 18.9 Å². The van der Waals surface area contributed by atoms with Crippen LogP contribution in [-0.4, -0.2) is 69.8 Å². The standard InChI is InChI=1S/C19H23N3O8S/c1-12-18(13(2)30-21-12)19(24)29-11-17(23)20-14-4-5-15(27-3)16(10-14)31(25,26)22-6-8-28-9-7-22/h4-5,10H,6-9,11H2,1-3H3,(H,20,23). The Labute approximate surface area is 179 Å². The molecule has 1 fully saturated rings. The van der Waals surface area contributed by atoms with Gasteiger partial charge in [0.05, 0.1) is 26.0 Å². The summed E-state index contributed by atoms with van der Waals surface area (Å²) in [7, 11) is -2.49. The first-order chi connectivity index (χ1) is 14.7. The minimum absolute atomic E-state index is 0.0811. The molecule has 0 radical (unpaired) electrons. The van der Waals surface area contributed by atoms with E-state index in [2.05, 4.69) is 10.5 Å². The highest BCUT2D eigenvalue weighted by atomic mass is 32.2. The van der Waals surface area contributed by atoms with Crippen LogP contribution in [0.1, 0.15) is 21.8 Å². The Morgan fingerprint density at radius 3 is 2.55 bits per heavy atom. The zero-order chi connectivity index (χ0) is 22.6. The summed E-state index contributed by atoms with van der Waals surface area (Å²) in [6, 6.07) is 4.24. The molecule has 11 nitrogen and oxygen atoms in total. The van der Waals surface area contributed by atoms with E-state index in [9.17, 15) is 18.0 Å². The molecule has 0 aliphatic carbocycles. The molecule has 2 aromatic rings. The SMILES string of the molecule is COc1ccc(NC(=O)COC(=O)c2c(C)noc2C)cc1S(=O)(=O)N1CCOCC1. The molecule has 1 aliphatic heterocycles. The third kappa shape index (κ3) is 5.03. The maximum atomic E-state index is 13.0. The van der Waals surface area contributed by atoms with E-state index in [1.807, 2.05) is 0 Å². The molecule has 168 valence electrons. The molecule has 31 heavy (non-hydrogen) atoms. The largest absolute Gasteiger partial charge is 0.495 e. The Morgan fingerprint density at radius 1 is 1.23 bits per heavy atom. The number of morpholine rings is 1. The molecule has 12 heteroatoms. The molecular weight excluding hydrogens is 430 g/mol. The number of benzene rings is 1. The molecule has 1 aliphatic rings. The number of anilines is 1. The molecule has 1 amide bonds. The normalized spacial score (nSPS) is 14.8. The van der Waals surface area contributed by atoms with Crippen molar-refractivity contribution in [3.63, 3.8) is 0 Å². The molecule has 1 aromatic heterocycles. The number of nitrogens with zero attached hydrogens (tertiary/aromatic N) is 2. The maximum Gasteiger partial charge on any atom is 0.344 e. The van der Waals surface area contributed by atoms with Crippen molar-refractivity contribution in [1.29, 1.82) is 0 Å². The van der Waals surface area contributed by atoms with E-state index in [0.717, 1.165) is 0 Å². The quantitative estimate of drug-likeness (QED) is 0.611. The molecule has 1 N–H and O–H groups in total. The van der Waals surface area contributed by atoms with Crippen LogP contribution < -0.4 is 10.1 Å². The fraction of sp³-hybridized carbons (Fsp3) is 0.421. The van der Waals surface area contributed by atoms with Gasteiger partial charge in [-0.25, -0.2) is 13.2 Å². The van der Waals surface area contributed by atoms with Crippen LogP contribution in [0.25, 0.3) is 0 Å². The first-order valence-corrected chi connectivity index (χ1v) is 10.8. The molecular formula is C19H23N3O8S. The number of hydrogen-bond donors (Lipinski definition) is 1. The average molecular weight is 453 g/mol. The number of esters is 1.